The fraction of sp³-hybridized carbons (Fsp3) is 0.320. The minimum Gasteiger partial charge on any atom is -0.352 e. The molecule has 0 atom stereocenters. The van der Waals surface area contributed by atoms with Crippen molar-refractivity contribution in [3.63, 3.8) is 0 Å². The highest BCUT2D eigenvalue weighted by atomic mass is 32.1. The lowest BCUT2D eigenvalue weighted by Crippen LogP contribution is -2.38. The van der Waals surface area contributed by atoms with Gasteiger partial charge in [0.15, 0.2) is 0 Å². The fourth-order valence-corrected chi connectivity index (χ4v) is 4.58. The van der Waals surface area contributed by atoms with Gasteiger partial charge in [-0.3, -0.25) is 14.9 Å². The van der Waals surface area contributed by atoms with Gasteiger partial charge in [0, 0.05) is 55.8 Å². The third kappa shape index (κ3) is 6.48. The van der Waals surface area contributed by atoms with Crippen LogP contribution >= 0.6 is 11.5 Å². The first kappa shape index (κ1) is 23.6. The molecule has 0 radical (unpaired) electrons. The number of rotatable bonds is 8. The number of nitrogens with zero attached hydrogens (tertiary/aromatic N) is 4. The Morgan fingerprint density at radius 2 is 1.88 bits per heavy atom. The van der Waals surface area contributed by atoms with E-state index in [1.807, 2.05) is 0 Å². The molecule has 2 heterocycles. The lowest BCUT2D eigenvalue weighted by molar-refractivity contribution is -0.384. The van der Waals surface area contributed by atoms with Crippen molar-refractivity contribution in [2.24, 2.45) is 5.92 Å². The molecular formula is C25H27N5O3S. The summed E-state index contributed by atoms with van der Waals surface area (Å²) < 4.78 is 4.54. The van der Waals surface area contributed by atoms with E-state index in [-0.39, 0.29) is 11.6 Å². The van der Waals surface area contributed by atoms with E-state index in [0.29, 0.717) is 12.5 Å². The van der Waals surface area contributed by atoms with Gasteiger partial charge < -0.3 is 10.2 Å². The van der Waals surface area contributed by atoms with E-state index in [1.165, 1.54) is 40.9 Å². The second-order valence-corrected chi connectivity index (χ2v) is 9.24. The van der Waals surface area contributed by atoms with Gasteiger partial charge in [-0.15, -0.1) is 0 Å². The Labute approximate surface area is 202 Å². The molecule has 34 heavy (non-hydrogen) atoms. The summed E-state index contributed by atoms with van der Waals surface area (Å²) in [6.45, 7) is 4.51. The Morgan fingerprint density at radius 1 is 1.18 bits per heavy atom. The maximum absolute atomic E-state index is 12.2. The largest absolute Gasteiger partial charge is 0.352 e. The zero-order valence-electron chi connectivity index (χ0n) is 19.0. The lowest BCUT2D eigenvalue weighted by atomic mass is 9.97. The van der Waals surface area contributed by atoms with Crippen molar-refractivity contribution in [3.05, 3.63) is 87.2 Å². The first-order valence-corrected chi connectivity index (χ1v) is 12.1. The zero-order chi connectivity index (χ0) is 23.9. The van der Waals surface area contributed by atoms with Crippen molar-refractivity contribution in [3.8, 4) is 0 Å². The number of nitro groups is 1. The Bertz CT molecular complexity index is 1150. The molecule has 1 fully saturated rings. The number of aromatic nitrogens is 2. The number of aryl methyl sites for hydroxylation is 1. The molecule has 4 rings (SSSR count). The van der Waals surface area contributed by atoms with Gasteiger partial charge in [0.2, 0.25) is 11.0 Å². The SMILES string of the molecule is Cc1ccc(Cc2nsc(N3CCC(CNC(=O)/C=C/c4ccc([N+](=O)[O-])cc4)CC3)n2)cc1. The van der Waals surface area contributed by atoms with Crippen LogP contribution in [0, 0.1) is 23.0 Å². The highest BCUT2D eigenvalue weighted by Crippen LogP contribution is 2.25. The predicted molar refractivity (Wildman–Crippen MR) is 134 cm³/mol. The summed E-state index contributed by atoms with van der Waals surface area (Å²) in [5, 5.41) is 14.6. The summed E-state index contributed by atoms with van der Waals surface area (Å²) >= 11 is 1.45. The Morgan fingerprint density at radius 3 is 2.56 bits per heavy atom. The van der Waals surface area contributed by atoms with E-state index in [0.717, 1.165) is 48.9 Å². The number of nitro benzene ring substituents is 1. The first-order chi connectivity index (χ1) is 16.5. The first-order valence-electron chi connectivity index (χ1n) is 11.3. The van der Waals surface area contributed by atoms with Crippen LogP contribution in [0.5, 0.6) is 0 Å². The molecule has 1 amide bonds. The van der Waals surface area contributed by atoms with Gasteiger partial charge in [-0.1, -0.05) is 29.8 Å². The van der Waals surface area contributed by atoms with E-state index in [4.69, 9.17) is 4.98 Å². The molecule has 1 aromatic heterocycles. The Kier molecular flexibility index (Phi) is 7.64. The minimum absolute atomic E-state index is 0.0314. The van der Waals surface area contributed by atoms with E-state index in [9.17, 15) is 14.9 Å². The summed E-state index contributed by atoms with van der Waals surface area (Å²) in [4.78, 5) is 29.4. The third-order valence-corrected chi connectivity index (χ3v) is 6.74. The second kappa shape index (κ2) is 11.0. The molecule has 0 spiro atoms. The average molecular weight is 478 g/mol. The molecule has 3 aromatic rings. The van der Waals surface area contributed by atoms with Crippen molar-refractivity contribution < 1.29 is 9.72 Å². The quantitative estimate of drug-likeness (QED) is 0.293. The highest BCUT2D eigenvalue weighted by Gasteiger charge is 2.22. The van der Waals surface area contributed by atoms with E-state index >= 15 is 0 Å². The summed E-state index contributed by atoms with van der Waals surface area (Å²) in [6, 6.07) is 14.6. The molecule has 0 unspecified atom stereocenters. The van der Waals surface area contributed by atoms with Gasteiger partial charge in [0.25, 0.3) is 5.69 Å². The number of hydrogen-bond acceptors (Lipinski definition) is 7. The average Bonchev–Trinajstić information content (AvgIpc) is 3.32. The van der Waals surface area contributed by atoms with Crippen LogP contribution in [0.1, 0.15) is 35.4 Å². The number of carbonyl (C=O) groups excluding carboxylic acids is 1. The molecule has 2 aromatic carbocycles. The number of carbonyl (C=O) groups is 1. The molecule has 1 N–H and O–H groups in total. The van der Waals surface area contributed by atoms with Gasteiger partial charge in [-0.2, -0.15) is 4.37 Å². The number of piperidine rings is 1. The van der Waals surface area contributed by atoms with Crippen LogP contribution in [0.4, 0.5) is 10.8 Å². The minimum atomic E-state index is -0.444. The topological polar surface area (TPSA) is 101 Å². The molecule has 0 bridgehead atoms. The second-order valence-electron chi connectivity index (χ2n) is 8.51. The monoisotopic (exact) mass is 477 g/mol. The molecule has 0 aliphatic carbocycles. The van der Waals surface area contributed by atoms with E-state index < -0.39 is 4.92 Å². The fourth-order valence-electron chi connectivity index (χ4n) is 3.84. The van der Waals surface area contributed by atoms with Crippen LogP contribution in [0.2, 0.25) is 0 Å². The van der Waals surface area contributed by atoms with Crippen LogP contribution in [0.3, 0.4) is 0 Å². The van der Waals surface area contributed by atoms with Crippen molar-refractivity contribution in [1.29, 1.82) is 0 Å². The number of amides is 1. The van der Waals surface area contributed by atoms with Crippen LogP contribution in [-0.2, 0) is 11.2 Å². The number of benzene rings is 2. The maximum atomic E-state index is 12.2. The predicted octanol–water partition coefficient (Wildman–Crippen LogP) is 4.39. The van der Waals surface area contributed by atoms with E-state index in [2.05, 4.69) is 45.8 Å². The third-order valence-electron chi connectivity index (χ3n) is 5.92. The molecule has 1 aliphatic heterocycles. The van der Waals surface area contributed by atoms with Crippen LogP contribution < -0.4 is 10.2 Å². The highest BCUT2D eigenvalue weighted by molar-refractivity contribution is 7.09. The molecule has 176 valence electrons. The van der Waals surface area contributed by atoms with E-state index in [1.54, 1.807) is 18.2 Å². The summed E-state index contributed by atoms with van der Waals surface area (Å²) in [6.07, 6.45) is 5.84. The van der Waals surface area contributed by atoms with Crippen LogP contribution in [0.25, 0.3) is 6.08 Å². The number of nitrogens with one attached hydrogen (secondary N) is 1. The molecular weight excluding hydrogens is 450 g/mol. The van der Waals surface area contributed by atoms with Crippen molar-refractivity contribution in [2.75, 3.05) is 24.5 Å². The molecule has 9 heteroatoms. The lowest BCUT2D eigenvalue weighted by Gasteiger charge is -2.31. The smallest absolute Gasteiger partial charge is 0.269 e. The Balaban J connectivity index is 1.20. The summed E-state index contributed by atoms with van der Waals surface area (Å²) in [7, 11) is 0. The zero-order valence-corrected chi connectivity index (χ0v) is 19.8. The molecule has 8 nitrogen and oxygen atoms in total. The summed E-state index contributed by atoms with van der Waals surface area (Å²) in [5.41, 5.74) is 3.24. The normalized spacial score (nSPS) is 14.4. The van der Waals surface area contributed by atoms with Gasteiger partial charge in [-0.25, -0.2) is 4.98 Å². The maximum Gasteiger partial charge on any atom is 0.269 e. The molecule has 0 saturated carbocycles. The number of non-ortho nitro benzene ring substituents is 1. The Hall–Kier alpha value is -3.59. The standard InChI is InChI=1S/C25H27N5O3S/c1-18-2-4-20(5-3-18)16-23-27-25(34-28-23)29-14-12-21(13-15-29)17-26-24(31)11-8-19-6-9-22(10-7-19)30(32)33/h2-11,21H,12-17H2,1H3,(H,26,31)/b11-8+. The van der Waals surface area contributed by atoms with Crippen molar-refractivity contribution in [2.45, 2.75) is 26.2 Å². The van der Waals surface area contributed by atoms with Crippen LogP contribution in [0.15, 0.2) is 54.6 Å². The van der Waals surface area contributed by atoms with Gasteiger partial charge >= 0.3 is 0 Å². The van der Waals surface area contributed by atoms with Gasteiger partial charge in [0.05, 0.1) is 4.92 Å². The number of hydrogen-bond donors (Lipinski definition) is 1. The van der Waals surface area contributed by atoms with Gasteiger partial charge in [0.1, 0.15) is 5.82 Å². The van der Waals surface area contributed by atoms with Crippen LogP contribution in [-0.4, -0.2) is 39.8 Å². The summed E-state index contributed by atoms with van der Waals surface area (Å²) in [5.74, 6) is 1.12. The van der Waals surface area contributed by atoms with Crippen molar-refractivity contribution in [1.82, 2.24) is 14.7 Å². The molecule has 1 saturated heterocycles. The number of anilines is 1. The molecule has 1 aliphatic rings. The van der Waals surface area contributed by atoms with Crippen molar-refractivity contribution >= 4 is 34.3 Å². The van der Waals surface area contributed by atoms with Gasteiger partial charge in [-0.05, 0) is 55.0 Å².